The number of aromatic nitrogens is 3. The van der Waals surface area contributed by atoms with Crippen LogP contribution in [0.3, 0.4) is 0 Å². The lowest BCUT2D eigenvalue weighted by molar-refractivity contribution is 0.451. The van der Waals surface area contributed by atoms with Gasteiger partial charge >= 0.3 is 0 Å². The Kier molecular flexibility index (Phi) is 1.86. The van der Waals surface area contributed by atoms with Gasteiger partial charge in [-0.25, -0.2) is 4.68 Å². The van der Waals surface area contributed by atoms with E-state index in [1.54, 1.807) is 0 Å². The molecule has 2 aromatic rings. The molecule has 0 saturated carbocycles. The van der Waals surface area contributed by atoms with Crippen LogP contribution in [0, 0.1) is 0 Å². The van der Waals surface area contributed by atoms with Crippen LogP contribution in [0.25, 0.3) is 11.4 Å². The molecule has 1 aromatic heterocycles. The van der Waals surface area contributed by atoms with Crippen molar-refractivity contribution in [3.63, 3.8) is 0 Å². The zero-order valence-electron chi connectivity index (χ0n) is 7.62. The Labute approximate surface area is 84.6 Å². The van der Waals surface area contributed by atoms with Gasteiger partial charge in [0, 0.05) is 11.6 Å². The van der Waals surface area contributed by atoms with Crippen LogP contribution in [0.15, 0.2) is 18.2 Å². The minimum Gasteiger partial charge on any atom is -0.508 e. The molecule has 78 valence electrons. The minimum atomic E-state index is -0.0911. The molecule has 0 unspecified atom stereocenters. The van der Waals surface area contributed by atoms with E-state index in [1.807, 2.05) is 0 Å². The number of nitrogens with zero attached hydrogens (tertiary/aromatic N) is 3. The average Bonchev–Trinajstić information content (AvgIpc) is 2.46. The molecule has 1 heterocycles. The van der Waals surface area contributed by atoms with Crippen molar-refractivity contribution < 1.29 is 10.2 Å². The molecule has 0 aliphatic heterocycles. The second kappa shape index (κ2) is 3.05. The summed E-state index contributed by atoms with van der Waals surface area (Å²) in [6.07, 6.45) is 0. The third-order valence-corrected chi connectivity index (χ3v) is 1.88. The van der Waals surface area contributed by atoms with Crippen molar-refractivity contribution in [2.45, 2.75) is 0 Å². The number of benzene rings is 1. The predicted octanol–water partition coefficient (Wildman–Crippen LogP) is -0.348. The van der Waals surface area contributed by atoms with Crippen LogP contribution in [-0.2, 0) is 0 Å². The van der Waals surface area contributed by atoms with Crippen LogP contribution >= 0.6 is 0 Å². The van der Waals surface area contributed by atoms with E-state index in [9.17, 15) is 10.2 Å². The van der Waals surface area contributed by atoms with E-state index in [1.165, 1.54) is 18.2 Å². The Balaban J connectivity index is 2.58. The van der Waals surface area contributed by atoms with Gasteiger partial charge in [0.15, 0.2) is 5.82 Å². The zero-order valence-corrected chi connectivity index (χ0v) is 7.62. The summed E-state index contributed by atoms with van der Waals surface area (Å²) >= 11 is 0. The molecule has 0 amide bonds. The third kappa shape index (κ3) is 1.50. The Morgan fingerprint density at radius 2 is 1.67 bits per heavy atom. The molecule has 0 spiro atoms. The smallest absolute Gasteiger partial charge is 0.241 e. The van der Waals surface area contributed by atoms with E-state index in [2.05, 4.69) is 10.2 Å². The van der Waals surface area contributed by atoms with Gasteiger partial charge in [-0.15, -0.1) is 10.2 Å². The number of rotatable bonds is 1. The number of nitrogens with two attached hydrogens (primary N) is 2. The molecule has 7 nitrogen and oxygen atoms in total. The summed E-state index contributed by atoms with van der Waals surface area (Å²) in [5, 5.41) is 25.8. The maximum atomic E-state index is 9.26. The van der Waals surface area contributed by atoms with E-state index in [4.69, 9.17) is 11.6 Å². The monoisotopic (exact) mass is 207 g/mol. The van der Waals surface area contributed by atoms with Gasteiger partial charge in [0.25, 0.3) is 0 Å². The molecule has 0 aliphatic carbocycles. The van der Waals surface area contributed by atoms with Crippen molar-refractivity contribution in [2.24, 2.45) is 0 Å². The molecule has 0 radical (unpaired) electrons. The number of phenolic OH excluding ortho intramolecular Hbond substituents is 2. The average molecular weight is 207 g/mol. The first-order valence-electron chi connectivity index (χ1n) is 4.07. The SMILES string of the molecule is Nc1nnc(-c2cc(O)cc(O)c2)n1N. The van der Waals surface area contributed by atoms with Crippen molar-refractivity contribution in [1.82, 2.24) is 14.9 Å². The molecular formula is C8H9N5O2. The molecule has 0 bridgehead atoms. The van der Waals surface area contributed by atoms with Crippen LogP contribution in [0.4, 0.5) is 5.95 Å². The number of hydrogen-bond donors (Lipinski definition) is 4. The summed E-state index contributed by atoms with van der Waals surface area (Å²) < 4.78 is 1.06. The molecule has 6 N–H and O–H groups in total. The first-order chi connectivity index (χ1) is 7.08. The number of nitrogen functional groups attached to an aromatic ring is 2. The molecular weight excluding hydrogens is 198 g/mol. The maximum absolute atomic E-state index is 9.26. The Morgan fingerprint density at radius 1 is 1.07 bits per heavy atom. The summed E-state index contributed by atoms with van der Waals surface area (Å²) in [4.78, 5) is 0. The second-order valence-electron chi connectivity index (χ2n) is 2.99. The summed E-state index contributed by atoms with van der Waals surface area (Å²) in [7, 11) is 0. The topological polar surface area (TPSA) is 123 Å². The largest absolute Gasteiger partial charge is 0.508 e. The van der Waals surface area contributed by atoms with E-state index < -0.39 is 0 Å². The quantitative estimate of drug-likeness (QED) is 0.474. The summed E-state index contributed by atoms with van der Waals surface area (Å²) in [5.41, 5.74) is 5.82. The van der Waals surface area contributed by atoms with Gasteiger partial charge in [-0.1, -0.05) is 0 Å². The Hall–Kier alpha value is -2.44. The molecule has 0 aliphatic rings. The fourth-order valence-corrected chi connectivity index (χ4v) is 1.22. The number of phenols is 2. The van der Waals surface area contributed by atoms with Crippen LogP contribution in [0.2, 0.25) is 0 Å². The fourth-order valence-electron chi connectivity index (χ4n) is 1.22. The summed E-state index contributed by atoms with van der Waals surface area (Å²) in [6, 6.07) is 3.99. The molecule has 0 fully saturated rings. The van der Waals surface area contributed by atoms with Gasteiger partial charge in [0.05, 0.1) is 0 Å². The maximum Gasteiger partial charge on any atom is 0.241 e. The van der Waals surface area contributed by atoms with Crippen LogP contribution < -0.4 is 11.6 Å². The summed E-state index contributed by atoms with van der Waals surface area (Å²) in [5.74, 6) is 5.67. The van der Waals surface area contributed by atoms with Gasteiger partial charge in [-0.05, 0) is 12.1 Å². The molecule has 2 rings (SSSR count). The van der Waals surface area contributed by atoms with Crippen molar-refractivity contribution >= 4 is 5.95 Å². The fraction of sp³-hybridized carbons (Fsp3) is 0. The van der Waals surface area contributed by atoms with Crippen molar-refractivity contribution in [3.8, 4) is 22.9 Å². The van der Waals surface area contributed by atoms with E-state index in [-0.39, 0.29) is 23.3 Å². The van der Waals surface area contributed by atoms with E-state index >= 15 is 0 Å². The molecule has 7 heteroatoms. The number of hydrogen-bond acceptors (Lipinski definition) is 6. The Bertz CT molecular complexity index is 487. The highest BCUT2D eigenvalue weighted by atomic mass is 16.3. The Morgan fingerprint density at radius 3 is 2.13 bits per heavy atom. The highest BCUT2D eigenvalue weighted by Gasteiger charge is 2.10. The van der Waals surface area contributed by atoms with E-state index in [0.717, 1.165) is 4.68 Å². The highest BCUT2D eigenvalue weighted by Crippen LogP contribution is 2.27. The molecule has 0 atom stereocenters. The zero-order chi connectivity index (χ0) is 11.0. The highest BCUT2D eigenvalue weighted by molar-refractivity contribution is 5.61. The van der Waals surface area contributed by atoms with Gasteiger partial charge in [-0.2, -0.15) is 0 Å². The molecule has 15 heavy (non-hydrogen) atoms. The molecule has 0 saturated heterocycles. The third-order valence-electron chi connectivity index (χ3n) is 1.88. The first kappa shape index (κ1) is 9.13. The number of anilines is 1. The normalized spacial score (nSPS) is 10.4. The lowest BCUT2D eigenvalue weighted by Crippen LogP contribution is -2.13. The van der Waals surface area contributed by atoms with Crippen LogP contribution in [0.1, 0.15) is 0 Å². The first-order valence-corrected chi connectivity index (χ1v) is 4.07. The minimum absolute atomic E-state index is 0.0489. The number of aromatic hydroxyl groups is 2. The second-order valence-corrected chi connectivity index (χ2v) is 2.99. The van der Waals surface area contributed by atoms with Gasteiger partial charge in [0.1, 0.15) is 11.5 Å². The van der Waals surface area contributed by atoms with Gasteiger partial charge in [0.2, 0.25) is 5.95 Å². The van der Waals surface area contributed by atoms with Gasteiger partial charge in [-0.3, -0.25) is 0 Å². The lowest BCUT2D eigenvalue weighted by Gasteiger charge is -2.02. The predicted molar refractivity (Wildman–Crippen MR) is 53.4 cm³/mol. The van der Waals surface area contributed by atoms with Crippen molar-refractivity contribution in [2.75, 3.05) is 11.6 Å². The van der Waals surface area contributed by atoms with Crippen LogP contribution in [-0.4, -0.2) is 25.1 Å². The van der Waals surface area contributed by atoms with E-state index in [0.29, 0.717) is 5.56 Å². The summed E-state index contributed by atoms with van der Waals surface area (Å²) in [6.45, 7) is 0. The standard InChI is InChI=1S/C8H9N5O2/c9-8-12-11-7(13(8)10)4-1-5(14)3-6(15)2-4/h1-3,14-15H,10H2,(H2,9,12). The lowest BCUT2D eigenvalue weighted by atomic mass is 10.2. The van der Waals surface area contributed by atoms with Crippen LogP contribution in [0.5, 0.6) is 11.5 Å². The van der Waals surface area contributed by atoms with Gasteiger partial charge < -0.3 is 21.8 Å². The van der Waals surface area contributed by atoms with Crippen molar-refractivity contribution in [1.29, 1.82) is 0 Å². The van der Waals surface area contributed by atoms with Crippen molar-refractivity contribution in [3.05, 3.63) is 18.2 Å². The molecule has 1 aromatic carbocycles.